The lowest BCUT2D eigenvalue weighted by molar-refractivity contribution is -0.139. The number of carbonyl (C=O) groups is 2. The van der Waals surface area contributed by atoms with E-state index in [0.29, 0.717) is 12.5 Å². The molecule has 0 aromatic rings. The van der Waals surface area contributed by atoms with Crippen molar-refractivity contribution in [2.45, 2.75) is 45.6 Å². The molecule has 0 aliphatic heterocycles. The fourth-order valence-electron chi connectivity index (χ4n) is 2.60. The molecule has 0 unspecified atom stereocenters. The summed E-state index contributed by atoms with van der Waals surface area (Å²) in [6.45, 7) is 4.25. The van der Waals surface area contributed by atoms with Gasteiger partial charge in [0, 0.05) is 18.5 Å². The van der Waals surface area contributed by atoms with Gasteiger partial charge in [-0.2, -0.15) is 0 Å². The summed E-state index contributed by atoms with van der Waals surface area (Å²) in [5.74, 6) is 0.931. The van der Waals surface area contributed by atoms with Gasteiger partial charge in [0.2, 0.25) is 5.91 Å². The molecule has 1 N–H and O–H groups in total. The van der Waals surface area contributed by atoms with Crippen LogP contribution in [0.1, 0.15) is 39.5 Å². The number of nitrogens with zero attached hydrogens (tertiary/aromatic N) is 1. The molecule has 2 saturated carbocycles. The summed E-state index contributed by atoms with van der Waals surface area (Å²) < 4.78 is 0. The Morgan fingerprint density at radius 3 is 2.47 bits per heavy atom. The van der Waals surface area contributed by atoms with Crippen molar-refractivity contribution in [1.82, 2.24) is 4.90 Å². The quantitative estimate of drug-likeness (QED) is 0.768. The molecule has 0 bridgehead atoms. The molecule has 4 nitrogen and oxygen atoms in total. The van der Waals surface area contributed by atoms with Gasteiger partial charge in [-0.05, 0) is 44.9 Å². The topological polar surface area (TPSA) is 57.6 Å². The maximum Gasteiger partial charge on any atom is 0.305 e. The molecular formula is C13H21NO3. The molecule has 2 aliphatic rings. The highest BCUT2D eigenvalue weighted by Crippen LogP contribution is 2.54. The normalized spacial score (nSPS) is 27.0. The number of rotatable bonds is 6. The molecule has 4 heteroatoms. The van der Waals surface area contributed by atoms with E-state index in [1.165, 1.54) is 12.8 Å². The van der Waals surface area contributed by atoms with Crippen LogP contribution in [0, 0.1) is 17.8 Å². The Hall–Kier alpha value is -1.06. The average molecular weight is 239 g/mol. The second kappa shape index (κ2) is 4.67. The van der Waals surface area contributed by atoms with E-state index in [-0.39, 0.29) is 24.3 Å². The Balaban J connectivity index is 1.86. The van der Waals surface area contributed by atoms with Gasteiger partial charge < -0.3 is 10.0 Å². The van der Waals surface area contributed by atoms with Crippen molar-refractivity contribution in [3.05, 3.63) is 0 Å². The molecule has 2 atom stereocenters. The monoisotopic (exact) mass is 239 g/mol. The minimum atomic E-state index is -0.835. The summed E-state index contributed by atoms with van der Waals surface area (Å²) in [5.41, 5.74) is 0. The summed E-state index contributed by atoms with van der Waals surface area (Å²) >= 11 is 0. The van der Waals surface area contributed by atoms with Crippen LogP contribution in [0.4, 0.5) is 0 Å². The molecule has 2 fully saturated rings. The van der Waals surface area contributed by atoms with Crippen molar-refractivity contribution in [2.75, 3.05) is 6.54 Å². The fourth-order valence-corrected chi connectivity index (χ4v) is 2.60. The maximum absolute atomic E-state index is 12.2. The molecule has 0 aromatic heterocycles. The van der Waals surface area contributed by atoms with Crippen molar-refractivity contribution in [3.8, 4) is 0 Å². The van der Waals surface area contributed by atoms with Crippen LogP contribution in [0.2, 0.25) is 0 Å². The second-order valence-electron chi connectivity index (χ2n) is 5.61. The average Bonchev–Trinajstić information content (AvgIpc) is 3.09. The highest BCUT2D eigenvalue weighted by molar-refractivity contribution is 5.82. The van der Waals surface area contributed by atoms with Crippen LogP contribution >= 0.6 is 0 Å². The number of amides is 1. The maximum atomic E-state index is 12.2. The van der Waals surface area contributed by atoms with Gasteiger partial charge in [-0.25, -0.2) is 0 Å². The van der Waals surface area contributed by atoms with Crippen LogP contribution in [0.15, 0.2) is 0 Å². The summed E-state index contributed by atoms with van der Waals surface area (Å²) in [4.78, 5) is 24.6. The molecular weight excluding hydrogens is 218 g/mol. The van der Waals surface area contributed by atoms with E-state index in [9.17, 15) is 9.59 Å². The van der Waals surface area contributed by atoms with E-state index < -0.39 is 5.97 Å². The van der Waals surface area contributed by atoms with Gasteiger partial charge >= 0.3 is 5.97 Å². The third-order valence-electron chi connectivity index (χ3n) is 3.86. The van der Waals surface area contributed by atoms with E-state index in [1.54, 1.807) is 4.90 Å². The number of aliphatic carboxylic acids is 1. The molecule has 17 heavy (non-hydrogen) atoms. The van der Waals surface area contributed by atoms with E-state index in [4.69, 9.17) is 5.11 Å². The summed E-state index contributed by atoms with van der Waals surface area (Å²) in [7, 11) is 0. The standard InChI is InChI=1S/C13H21NO3/c1-8(2)14(6-5-12(15)16)13(17)11-7-10(11)9-3-4-9/h8-11H,3-7H2,1-2H3,(H,15,16)/t10-,11-/m0/s1. The van der Waals surface area contributed by atoms with Gasteiger partial charge in [-0.15, -0.1) is 0 Å². The number of carboxylic acid groups (broad SMARTS) is 1. The summed E-state index contributed by atoms with van der Waals surface area (Å²) in [6.07, 6.45) is 3.64. The first-order valence-electron chi connectivity index (χ1n) is 6.53. The van der Waals surface area contributed by atoms with Gasteiger partial charge in [0.15, 0.2) is 0 Å². The lowest BCUT2D eigenvalue weighted by Gasteiger charge is -2.26. The number of carbonyl (C=O) groups excluding carboxylic acids is 1. The Kier molecular flexibility index (Phi) is 3.40. The molecule has 0 aromatic carbocycles. The molecule has 2 aliphatic carbocycles. The Labute approximate surface area is 102 Å². The van der Waals surface area contributed by atoms with Gasteiger partial charge in [0.25, 0.3) is 0 Å². The largest absolute Gasteiger partial charge is 0.481 e. The van der Waals surface area contributed by atoms with Crippen molar-refractivity contribution >= 4 is 11.9 Å². The first kappa shape index (κ1) is 12.4. The molecule has 1 amide bonds. The lowest BCUT2D eigenvalue weighted by atomic mass is 10.2. The van der Waals surface area contributed by atoms with Gasteiger partial charge in [0.05, 0.1) is 6.42 Å². The Morgan fingerprint density at radius 2 is 2.00 bits per heavy atom. The third-order valence-corrected chi connectivity index (χ3v) is 3.86. The smallest absolute Gasteiger partial charge is 0.305 e. The molecule has 2 rings (SSSR count). The fraction of sp³-hybridized carbons (Fsp3) is 0.846. The van der Waals surface area contributed by atoms with Crippen LogP contribution in [0.3, 0.4) is 0 Å². The Morgan fingerprint density at radius 1 is 1.35 bits per heavy atom. The number of hydrogen-bond acceptors (Lipinski definition) is 2. The molecule has 96 valence electrons. The van der Waals surface area contributed by atoms with Crippen molar-refractivity contribution in [3.63, 3.8) is 0 Å². The minimum absolute atomic E-state index is 0.0464. The van der Waals surface area contributed by atoms with Crippen LogP contribution in [-0.4, -0.2) is 34.5 Å². The first-order valence-corrected chi connectivity index (χ1v) is 6.53. The zero-order valence-electron chi connectivity index (χ0n) is 10.6. The van der Waals surface area contributed by atoms with E-state index >= 15 is 0 Å². The van der Waals surface area contributed by atoms with Gasteiger partial charge in [0.1, 0.15) is 0 Å². The summed E-state index contributed by atoms with van der Waals surface area (Å²) in [6, 6.07) is 0.0994. The van der Waals surface area contributed by atoms with Crippen molar-refractivity contribution in [2.24, 2.45) is 17.8 Å². The van der Waals surface area contributed by atoms with Crippen LogP contribution in [0.25, 0.3) is 0 Å². The predicted octanol–water partition coefficient (Wildman–Crippen LogP) is 1.74. The van der Waals surface area contributed by atoms with E-state index in [2.05, 4.69) is 0 Å². The van der Waals surface area contributed by atoms with Crippen molar-refractivity contribution in [1.29, 1.82) is 0 Å². The number of carboxylic acids is 1. The SMILES string of the molecule is CC(C)N(CCC(=O)O)C(=O)[C@H]1C[C@H]1C1CC1. The Bertz CT molecular complexity index is 323. The first-order chi connectivity index (χ1) is 8.00. The van der Waals surface area contributed by atoms with Crippen LogP contribution < -0.4 is 0 Å². The van der Waals surface area contributed by atoms with Crippen LogP contribution in [0.5, 0.6) is 0 Å². The number of hydrogen-bond donors (Lipinski definition) is 1. The lowest BCUT2D eigenvalue weighted by Crippen LogP contribution is -2.39. The van der Waals surface area contributed by atoms with E-state index in [1.807, 2.05) is 13.8 Å². The predicted molar refractivity (Wildman–Crippen MR) is 63.4 cm³/mol. The zero-order chi connectivity index (χ0) is 12.6. The van der Waals surface area contributed by atoms with Crippen LogP contribution in [-0.2, 0) is 9.59 Å². The van der Waals surface area contributed by atoms with Crippen molar-refractivity contribution < 1.29 is 14.7 Å². The molecule has 0 heterocycles. The molecule has 0 saturated heterocycles. The summed E-state index contributed by atoms with van der Waals surface area (Å²) in [5, 5.41) is 8.69. The van der Waals surface area contributed by atoms with Gasteiger partial charge in [-0.1, -0.05) is 0 Å². The highest BCUT2D eigenvalue weighted by Gasteiger charge is 2.52. The molecule has 0 spiro atoms. The second-order valence-corrected chi connectivity index (χ2v) is 5.61. The zero-order valence-corrected chi connectivity index (χ0v) is 10.6. The highest BCUT2D eigenvalue weighted by atomic mass is 16.4. The van der Waals surface area contributed by atoms with Gasteiger partial charge in [-0.3, -0.25) is 9.59 Å². The third kappa shape index (κ3) is 2.99. The minimum Gasteiger partial charge on any atom is -0.481 e. The molecule has 0 radical (unpaired) electrons. The van der Waals surface area contributed by atoms with E-state index in [0.717, 1.165) is 12.3 Å².